The molecule has 0 atom stereocenters. The average Bonchev–Trinajstić information content (AvgIpc) is 3.01. The van der Waals surface area contributed by atoms with Crippen molar-refractivity contribution in [3.05, 3.63) is 77.7 Å². The number of hydrogen-bond donors (Lipinski definition) is 0. The van der Waals surface area contributed by atoms with Gasteiger partial charge < -0.3 is 9.15 Å². The minimum absolute atomic E-state index is 0.422. The molecule has 0 radical (unpaired) electrons. The predicted octanol–water partition coefficient (Wildman–Crippen LogP) is 5.84. The number of nitrogens with zero attached hydrogens (tertiary/aromatic N) is 1. The zero-order valence-electron chi connectivity index (χ0n) is 15.0. The Morgan fingerprint density at radius 1 is 1.08 bits per heavy atom. The highest BCUT2D eigenvalue weighted by Crippen LogP contribution is 2.25. The van der Waals surface area contributed by atoms with Crippen molar-refractivity contribution in [2.45, 2.75) is 38.7 Å². The summed E-state index contributed by atoms with van der Waals surface area (Å²) >= 11 is 0. The highest BCUT2D eigenvalue weighted by Gasteiger charge is 2.18. The van der Waals surface area contributed by atoms with Crippen LogP contribution in [0.15, 0.2) is 65.1 Å². The normalized spacial score (nSPS) is 14.5. The van der Waals surface area contributed by atoms with E-state index in [2.05, 4.69) is 29.3 Å². The van der Waals surface area contributed by atoms with E-state index >= 15 is 0 Å². The number of aromatic nitrogens is 1. The molecule has 26 heavy (non-hydrogen) atoms. The Balaban J connectivity index is 1.38. The first kappa shape index (κ1) is 16.6. The average molecular weight is 345 g/mol. The monoisotopic (exact) mass is 345 g/mol. The molecule has 1 aliphatic carbocycles. The van der Waals surface area contributed by atoms with E-state index in [1.54, 1.807) is 0 Å². The number of oxazole rings is 1. The maximum Gasteiger partial charge on any atom is 0.226 e. The number of allylic oxidation sites excluding steroid dienone is 1. The molecule has 0 spiro atoms. The minimum atomic E-state index is 0.422. The van der Waals surface area contributed by atoms with Crippen molar-refractivity contribution in [3.63, 3.8) is 0 Å². The number of rotatable bonds is 6. The van der Waals surface area contributed by atoms with Gasteiger partial charge in [0.2, 0.25) is 5.89 Å². The fraction of sp³-hybridized carbons (Fsp3) is 0.261. The molecule has 0 amide bonds. The summed E-state index contributed by atoms with van der Waals surface area (Å²) in [5.74, 6) is 2.52. The standard InChI is InChI=1S/C23H23NO2/c1-17-22(24-23(25-17)19-8-3-2-4-9-19)12-5-7-18-13-15-21(16-14-18)26-20-10-6-11-20/h2-5,7-9,13-16,20H,6,10-12H2,1H3/b7-5+. The third-order valence-electron chi connectivity index (χ3n) is 4.77. The van der Waals surface area contributed by atoms with E-state index in [0.29, 0.717) is 12.0 Å². The largest absolute Gasteiger partial charge is 0.490 e. The molecule has 1 fully saturated rings. The van der Waals surface area contributed by atoms with Crippen molar-refractivity contribution in [2.75, 3.05) is 0 Å². The molecular weight excluding hydrogens is 322 g/mol. The van der Waals surface area contributed by atoms with Gasteiger partial charge in [0, 0.05) is 12.0 Å². The summed E-state index contributed by atoms with van der Waals surface area (Å²) in [6.07, 6.45) is 9.07. The zero-order chi connectivity index (χ0) is 17.8. The molecule has 1 heterocycles. The van der Waals surface area contributed by atoms with E-state index in [1.807, 2.05) is 49.4 Å². The fourth-order valence-corrected chi connectivity index (χ4v) is 2.97. The number of aryl methyl sites for hydroxylation is 1. The Morgan fingerprint density at radius 3 is 2.54 bits per heavy atom. The van der Waals surface area contributed by atoms with Crippen molar-refractivity contribution >= 4 is 6.08 Å². The van der Waals surface area contributed by atoms with E-state index in [-0.39, 0.29) is 0 Å². The second-order valence-electron chi connectivity index (χ2n) is 6.73. The summed E-state index contributed by atoms with van der Waals surface area (Å²) in [4.78, 5) is 4.64. The van der Waals surface area contributed by atoms with Gasteiger partial charge in [0.15, 0.2) is 0 Å². The van der Waals surface area contributed by atoms with Gasteiger partial charge in [0.1, 0.15) is 11.5 Å². The van der Waals surface area contributed by atoms with Crippen LogP contribution >= 0.6 is 0 Å². The zero-order valence-corrected chi connectivity index (χ0v) is 15.0. The number of ether oxygens (including phenoxy) is 1. The Kier molecular flexibility index (Phi) is 4.87. The Morgan fingerprint density at radius 2 is 1.85 bits per heavy atom. The summed E-state index contributed by atoms with van der Waals surface area (Å²) in [5, 5.41) is 0. The van der Waals surface area contributed by atoms with Gasteiger partial charge in [0.25, 0.3) is 0 Å². The highest BCUT2D eigenvalue weighted by molar-refractivity contribution is 5.54. The maximum absolute atomic E-state index is 5.89. The molecule has 2 aromatic carbocycles. The smallest absolute Gasteiger partial charge is 0.226 e. The predicted molar refractivity (Wildman–Crippen MR) is 104 cm³/mol. The molecule has 0 N–H and O–H groups in total. The van der Waals surface area contributed by atoms with E-state index < -0.39 is 0 Å². The lowest BCUT2D eigenvalue weighted by molar-refractivity contribution is 0.120. The lowest BCUT2D eigenvalue weighted by atomic mass is 9.96. The van der Waals surface area contributed by atoms with Crippen LogP contribution in [0.2, 0.25) is 0 Å². The fourth-order valence-electron chi connectivity index (χ4n) is 2.97. The van der Waals surface area contributed by atoms with Crippen LogP contribution in [-0.4, -0.2) is 11.1 Å². The van der Waals surface area contributed by atoms with Gasteiger partial charge in [-0.25, -0.2) is 4.98 Å². The topological polar surface area (TPSA) is 35.3 Å². The Bertz CT molecular complexity index is 874. The molecule has 3 aromatic rings. The minimum Gasteiger partial charge on any atom is -0.490 e. The molecule has 0 bridgehead atoms. The van der Waals surface area contributed by atoms with Gasteiger partial charge in [-0.15, -0.1) is 0 Å². The molecule has 3 heteroatoms. The third-order valence-corrected chi connectivity index (χ3v) is 4.77. The molecule has 1 aromatic heterocycles. The molecule has 0 saturated heterocycles. The molecule has 1 aliphatic rings. The molecule has 3 nitrogen and oxygen atoms in total. The Labute approximate surface area is 154 Å². The third kappa shape index (κ3) is 3.88. The molecular formula is C23H23NO2. The quantitative estimate of drug-likeness (QED) is 0.563. The van der Waals surface area contributed by atoms with Gasteiger partial charge >= 0.3 is 0 Å². The summed E-state index contributed by atoms with van der Waals surface area (Å²) in [5.41, 5.74) is 3.15. The van der Waals surface area contributed by atoms with Crippen molar-refractivity contribution in [2.24, 2.45) is 0 Å². The summed E-state index contributed by atoms with van der Waals surface area (Å²) in [7, 11) is 0. The second-order valence-corrected chi connectivity index (χ2v) is 6.73. The van der Waals surface area contributed by atoms with Crippen LogP contribution in [0.3, 0.4) is 0 Å². The van der Waals surface area contributed by atoms with E-state index in [9.17, 15) is 0 Å². The molecule has 0 aliphatic heterocycles. The first-order chi connectivity index (χ1) is 12.8. The van der Waals surface area contributed by atoms with Gasteiger partial charge in [-0.1, -0.05) is 42.5 Å². The van der Waals surface area contributed by atoms with Gasteiger partial charge in [-0.2, -0.15) is 0 Å². The van der Waals surface area contributed by atoms with Crippen LogP contribution in [0, 0.1) is 6.92 Å². The van der Waals surface area contributed by atoms with Crippen molar-refractivity contribution in [3.8, 4) is 17.2 Å². The lowest BCUT2D eigenvalue weighted by Gasteiger charge is -2.26. The van der Waals surface area contributed by atoms with Crippen molar-refractivity contribution < 1.29 is 9.15 Å². The van der Waals surface area contributed by atoms with Crippen LogP contribution in [-0.2, 0) is 6.42 Å². The lowest BCUT2D eigenvalue weighted by Crippen LogP contribution is -2.24. The summed E-state index contributed by atoms with van der Waals surface area (Å²) in [6.45, 7) is 1.97. The van der Waals surface area contributed by atoms with E-state index in [0.717, 1.165) is 34.8 Å². The highest BCUT2D eigenvalue weighted by atomic mass is 16.5. The molecule has 1 saturated carbocycles. The summed E-state index contributed by atoms with van der Waals surface area (Å²) < 4.78 is 11.7. The second kappa shape index (κ2) is 7.61. The van der Waals surface area contributed by atoms with Gasteiger partial charge in [-0.05, 0) is 56.0 Å². The van der Waals surface area contributed by atoms with Gasteiger partial charge in [-0.3, -0.25) is 0 Å². The number of benzene rings is 2. The SMILES string of the molecule is Cc1oc(-c2ccccc2)nc1C/C=C/c1ccc(OC2CCC2)cc1. The van der Waals surface area contributed by atoms with E-state index in [4.69, 9.17) is 9.15 Å². The first-order valence-electron chi connectivity index (χ1n) is 9.23. The molecule has 4 rings (SSSR count). The number of hydrogen-bond acceptors (Lipinski definition) is 3. The first-order valence-corrected chi connectivity index (χ1v) is 9.23. The molecule has 132 valence electrons. The van der Waals surface area contributed by atoms with Crippen molar-refractivity contribution in [1.29, 1.82) is 0 Å². The van der Waals surface area contributed by atoms with Crippen LogP contribution in [0.25, 0.3) is 17.5 Å². The molecule has 0 unspecified atom stereocenters. The van der Waals surface area contributed by atoms with Crippen LogP contribution in [0.5, 0.6) is 5.75 Å². The van der Waals surface area contributed by atoms with Crippen molar-refractivity contribution in [1.82, 2.24) is 4.98 Å². The Hall–Kier alpha value is -2.81. The van der Waals surface area contributed by atoms with Crippen LogP contribution < -0.4 is 4.74 Å². The summed E-state index contributed by atoms with van der Waals surface area (Å²) in [6, 6.07) is 18.3. The van der Waals surface area contributed by atoms with Crippen LogP contribution in [0.4, 0.5) is 0 Å². The van der Waals surface area contributed by atoms with E-state index in [1.165, 1.54) is 19.3 Å². The van der Waals surface area contributed by atoms with Crippen LogP contribution in [0.1, 0.15) is 36.3 Å². The van der Waals surface area contributed by atoms with Gasteiger partial charge in [0.05, 0.1) is 11.8 Å². The maximum atomic E-state index is 5.89.